The van der Waals surface area contributed by atoms with Crippen LogP contribution in [0.4, 0.5) is 21.7 Å². The predicted octanol–water partition coefficient (Wildman–Crippen LogP) is 3.09. The second-order valence-corrected chi connectivity index (χ2v) is 7.21. The first-order chi connectivity index (χ1) is 15.2. The minimum absolute atomic E-state index is 0.174. The average Bonchev–Trinajstić information content (AvgIpc) is 3.25. The number of piperazine rings is 1. The fraction of sp³-hybridized carbons (Fsp3) is 0.227. The summed E-state index contributed by atoms with van der Waals surface area (Å²) < 4.78 is 21.9. The number of nitrogens with zero attached hydrogens (tertiary/aromatic N) is 5. The molecule has 4 aromatic rings. The Morgan fingerprint density at radius 2 is 1.97 bits per heavy atom. The van der Waals surface area contributed by atoms with Crippen molar-refractivity contribution in [3.05, 3.63) is 60.8 Å². The van der Waals surface area contributed by atoms with Gasteiger partial charge in [-0.25, -0.2) is 19.3 Å². The molecule has 9 heteroatoms. The number of benzene rings is 1. The van der Waals surface area contributed by atoms with Gasteiger partial charge in [0.05, 0.1) is 30.9 Å². The number of imidazole rings is 1. The Kier molecular flexibility index (Phi) is 5.09. The molecule has 1 aliphatic heterocycles. The Morgan fingerprint density at radius 3 is 2.81 bits per heavy atom. The maximum atomic E-state index is 14.6. The highest BCUT2D eigenvalue weighted by Crippen LogP contribution is 2.32. The van der Waals surface area contributed by atoms with Crippen LogP contribution < -0.4 is 20.3 Å². The van der Waals surface area contributed by atoms with Crippen LogP contribution in [0.3, 0.4) is 0 Å². The van der Waals surface area contributed by atoms with Crippen molar-refractivity contribution in [3.63, 3.8) is 0 Å². The molecule has 4 heterocycles. The van der Waals surface area contributed by atoms with Crippen molar-refractivity contribution in [2.24, 2.45) is 0 Å². The highest BCUT2D eigenvalue weighted by atomic mass is 19.1. The van der Waals surface area contributed by atoms with Gasteiger partial charge in [0, 0.05) is 38.1 Å². The zero-order chi connectivity index (χ0) is 21.2. The summed E-state index contributed by atoms with van der Waals surface area (Å²) in [6.07, 6.45) is 4.60. The number of aromatic nitrogens is 4. The van der Waals surface area contributed by atoms with E-state index in [1.807, 2.05) is 42.6 Å². The van der Waals surface area contributed by atoms with Gasteiger partial charge in [-0.05, 0) is 30.3 Å². The molecule has 0 unspecified atom stereocenters. The van der Waals surface area contributed by atoms with E-state index in [0.717, 1.165) is 37.5 Å². The number of pyridine rings is 1. The molecule has 0 spiro atoms. The van der Waals surface area contributed by atoms with Crippen LogP contribution in [-0.4, -0.2) is 52.6 Å². The van der Waals surface area contributed by atoms with Crippen molar-refractivity contribution < 1.29 is 9.13 Å². The summed E-state index contributed by atoms with van der Waals surface area (Å²) in [5.41, 5.74) is 3.24. The van der Waals surface area contributed by atoms with Crippen molar-refractivity contribution in [1.82, 2.24) is 24.7 Å². The summed E-state index contributed by atoms with van der Waals surface area (Å²) in [5, 5.41) is 6.55. The Balaban J connectivity index is 1.50. The Labute approximate surface area is 178 Å². The van der Waals surface area contributed by atoms with Gasteiger partial charge in [0.25, 0.3) is 0 Å². The molecule has 3 aromatic heterocycles. The lowest BCUT2D eigenvalue weighted by molar-refractivity contribution is 0.416. The monoisotopic (exact) mass is 419 g/mol. The molecule has 5 rings (SSSR count). The number of fused-ring (bicyclic) bond motifs is 1. The van der Waals surface area contributed by atoms with E-state index in [2.05, 4.69) is 30.5 Å². The van der Waals surface area contributed by atoms with E-state index in [0.29, 0.717) is 17.1 Å². The number of rotatable bonds is 5. The fourth-order valence-corrected chi connectivity index (χ4v) is 3.75. The maximum absolute atomic E-state index is 14.6. The molecule has 0 radical (unpaired) electrons. The lowest BCUT2D eigenvalue weighted by atomic mass is 10.2. The van der Waals surface area contributed by atoms with E-state index in [-0.39, 0.29) is 11.6 Å². The molecule has 0 aliphatic carbocycles. The molecular weight excluding hydrogens is 397 g/mol. The maximum Gasteiger partial charge on any atom is 0.228 e. The van der Waals surface area contributed by atoms with E-state index in [9.17, 15) is 4.39 Å². The highest BCUT2D eigenvalue weighted by Gasteiger charge is 2.17. The second-order valence-electron chi connectivity index (χ2n) is 7.21. The molecule has 1 aromatic carbocycles. The molecule has 1 aliphatic rings. The van der Waals surface area contributed by atoms with Gasteiger partial charge >= 0.3 is 0 Å². The van der Waals surface area contributed by atoms with Crippen LogP contribution >= 0.6 is 0 Å². The summed E-state index contributed by atoms with van der Waals surface area (Å²) >= 11 is 0. The minimum Gasteiger partial charge on any atom is -0.495 e. The number of hydrogen-bond donors (Lipinski definition) is 2. The second kappa shape index (κ2) is 8.19. The first kappa shape index (κ1) is 19.3. The number of halogens is 1. The first-order valence-corrected chi connectivity index (χ1v) is 10.1. The quantitative estimate of drug-likeness (QED) is 0.515. The molecule has 31 heavy (non-hydrogen) atoms. The molecule has 0 bridgehead atoms. The topological polar surface area (TPSA) is 79.6 Å². The summed E-state index contributed by atoms with van der Waals surface area (Å²) in [6, 6.07) is 11.5. The molecule has 0 amide bonds. The molecule has 8 nitrogen and oxygen atoms in total. The van der Waals surface area contributed by atoms with Crippen LogP contribution in [0.1, 0.15) is 0 Å². The number of hydrogen-bond acceptors (Lipinski definition) is 7. The number of methoxy groups -OCH3 is 1. The first-order valence-electron chi connectivity index (χ1n) is 10.1. The van der Waals surface area contributed by atoms with E-state index in [4.69, 9.17) is 4.74 Å². The van der Waals surface area contributed by atoms with Gasteiger partial charge in [0.15, 0.2) is 5.82 Å². The van der Waals surface area contributed by atoms with Gasteiger partial charge in [-0.2, -0.15) is 0 Å². The third-order valence-corrected chi connectivity index (χ3v) is 5.32. The molecule has 158 valence electrons. The predicted molar refractivity (Wildman–Crippen MR) is 118 cm³/mol. The lowest BCUT2D eigenvalue weighted by Gasteiger charge is -2.30. The van der Waals surface area contributed by atoms with Crippen LogP contribution in [-0.2, 0) is 0 Å². The zero-order valence-corrected chi connectivity index (χ0v) is 17.0. The number of ether oxygens (including phenoxy) is 1. The smallest absolute Gasteiger partial charge is 0.228 e. The van der Waals surface area contributed by atoms with E-state index >= 15 is 0 Å². The largest absolute Gasteiger partial charge is 0.495 e. The summed E-state index contributed by atoms with van der Waals surface area (Å²) in [5.74, 6) is 0.416. The summed E-state index contributed by atoms with van der Waals surface area (Å²) in [6.45, 7) is 3.74. The molecule has 2 N–H and O–H groups in total. The molecular formula is C22H22FN7O. The third kappa shape index (κ3) is 3.75. The average molecular weight is 419 g/mol. The molecule has 0 atom stereocenters. The van der Waals surface area contributed by atoms with Crippen LogP contribution in [0.25, 0.3) is 17.0 Å². The van der Waals surface area contributed by atoms with Crippen molar-refractivity contribution in [2.45, 2.75) is 0 Å². The Bertz CT molecular complexity index is 1220. The van der Waals surface area contributed by atoms with Crippen molar-refractivity contribution in [1.29, 1.82) is 0 Å². The molecule has 0 saturated carbocycles. The van der Waals surface area contributed by atoms with Crippen molar-refractivity contribution in [3.8, 4) is 17.1 Å². The van der Waals surface area contributed by atoms with Crippen LogP contribution in [0.5, 0.6) is 5.75 Å². The van der Waals surface area contributed by atoms with Crippen LogP contribution in [0, 0.1) is 5.82 Å². The van der Waals surface area contributed by atoms with Gasteiger partial charge in [0.1, 0.15) is 17.1 Å². The van der Waals surface area contributed by atoms with Crippen molar-refractivity contribution in [2.75, 3.05) is 43.5 Å². The van der Waals surface area contributed by atoms with E-state index < -0.39 is 5.82 Å². The minimum atomic E-state index is -0.516. The molecule has 1 saturated heterocycles. The SMILES string of the molecule is COc1ccc(N2CCNCC2)cc1Nc1ncc(F)c(-c2cnc3ccccn23)n1. The van der Waals surface area contributed by atoms with Gasteiger partial charge in [-0.15, -0.1) is 0 Å². The fourth-order valence-electron chi connectivity index (χ4n) is 3.75. The molecule has 1 fully saturated rings. The zero-order valence-electron chi connectivity index (χ0n) is 17.0. The lowest BCUT2D eigenvalue weighted by Crippen LogP contribution is -2.43. The summed E-state index contributed by atoms with van der Waals surface area (Å²) in [4.78, 5) is 15.2. The Hall–Kier alpha value is -3.72. The highest BCUT2D eigenvalue weighted by molar-refractivity contribution is 5.70. The van der Waals surface area contributed by atoms with E-state index in [1.165, 1.54) is 6.20 Å². The normalized spacial score (nSPS) is 14.1. The standard InChI is InChI=1S/C22H22FN7O/c1-31-19-6-5-15(29-10-7-24-8-11-29)12-17(19)27-22-26-13-16(23)21(28-22)18-14-25-20-4-2-3-9-30(18)20/h2-6,9,12-14,24H,7-8,10-11H2,1H3,(H,26,27,28). The number of nitrogens with one attached hydrogen (secondary N) is 2. The van der Waals surface area contributed by atoms with Crippen LogP contribution in [0.15, 0.2) is 55.0 Å². The van der Waals surface area contributed by atoms with Crippen molar-refractivity contribution >= 4 is 23.0 Å². The van der Waals surface area contributed by atoms with Gasteiger partial charge in [0.2, 0.25) is 5.95 Å². The van der Waals surface area contributed by atoms with E-state index in [1.54, 1.807) is 17.7 Å². The third-order valence-electron chi connectivity index (χ3n) is 5.32. The summed E-state index contributed by atoms with van der Waals surface area (Å²) in [7, 11) is 1.61. The van der Waals surface area contributed by atoms with Gasteiger partial charge < -0.3 is 20.3 Å². The Morgan fingerprint density at radius 1 is 1.10 bits per heavy atom. The number of anilines is 3. The van der Waals surface area contributed by atoms with Crippen LogP contribution in [0.2, 0.25) is 0 Å². The van der Waals surface area contributed by atoms with Gasteiger partial charge in [-0.3, -0.25) is 4.40 Å². The van der Waals surface area contributed by atoms with Gasteiger partial charge in [-0.1, -0.05) is 6.07 Å².